The molecule has 4 heteroatoms. The number of pyridine rings is 1. The number of hydrogen-bond acceptors (Lipinski definition) is 3. The Morgan fingerprint density at radius 2 is 1.92 bits per heavy atom. The number of ether oxygens (including phenoxy) is 1. The molecule has 4 rings (SSSR count). The Hall–Kier alpha value is -2.33. The van der Waals surface area contributed by atoms with Gasteiger partial charge in [-0.2, -0.15) is 0 Å². The van der Waals surface area contributed by atoms with E-state index in [9.17, 15) is 0 Å². The van der Waals surface area contributed by atoms with Crippen molar-refractivity contribution < 1.29 is 4.74 Å². The van der Waals surface area contributed by atoms with Crippen LogP contribution in [0.2, 0.25) is 0 Å². The first-order valence-corrected chi connectivity index (χ1v) is 8.45. The van der Waals surface area contributed by atoms with Crippen LogP contribution in [0.5, 0.6) is 0 Å². The molecule has 0 spiro atoms. The first-order chi connectivity index (χ1) is 11.7. The Morgan fingerprint density at radius 3 is 2.71 bits per heavy atom. The fourth-order valence-electron chi connectivity index (χ4n) is 3.80. The molecule has 0 radical (unpaired) electrons. The van der Waals surface area contributed by atoms with Crippen LogP contribution in [-0.4, -0.2) is 23.2 Å². The van der Waals surface area contributed by atoms with E-state index in [-0.39, 0.29) is 0 Å². The molecule has 3 heterocycles. The lowest BCUT2D eigenvalue weighted by atomic mass is 9.99. The van der Waals surface area contributed by atoms with Crippen LogP contribution in [0.4, 0.5) is 5.82 Å². The van der Waals surface area contributed by atoms with Gasteiger partial charge in [-0.1, -0.05) is 24.3 Å². The van der Waals surface area contributed by atoms with Crippen LogP contribution in [-0.2, 0) is 24.4 Å². The topological polar surface area (TPSA) is 30.3 Å². The summed E-state index contributed by atoms with van der Waals surface area (Å²) in [7, 11) is 1.74. The number of nitrogens with zero attached hydrogens (tertiary/aromatic N) is 3. The third-order valence-corrected chi connectivity index (χ3v) is 5.21. The van der Waals surface area contributed by atoms with E-state index in [0.29, 0.717) is 6.73 Å². The number of anilines is 1. The first-order valence-electron chi connectivity index (χ1n) is 8.45. The van der Waals surface area contributed by atoms with Crippen LogP contribution >= 0.6 is 0 Å². The summed E-state index contributed by atoms with van der Waals surface area (Å²) in [6, 6.07) is 10.8. The van der Waals surface area contributed by atoms with Crippen LogP contribution in [0.3, 0.4) is 0 Å². The molecule has 0 aliphatic carbocycles. The maximum atomic E-state index is 5.39. The van der Waals surface area contributed by atoms with Gasteiger partial charge in [-0.3, -0.25) is 0 Å². The zero-order valence-corrected chi connectivity index (χ0v) is 14.5. The van der Waals surface area contributed by atoms with E-state index in [1.807, 2.05) is 6.20 Å². The lowest BCUT2D eigenvalue weighted by Crippen LogP contribution is -2.31. The number of aromatic nitrogens is 2. The van der Waals surface area contributed by atoms with Crippen molar-refractivity contribution in [2.24, 2.45) is 0 Å². The largest absolute Gasteiger partial charge is 0.364 e. The van der Waals surface area contributed by atoms with Crippen LogP contribution in [0.15, 0.2) is 36.5 Å². The number of methoxy groups -OCH3 is 1. The summed E-state index contributed by atoms with van der Waals surface area (Å²) in [5.41, 5.74) is 6.62. The van der Waals surface area contributed by atoms with Gasteiger partial charge in [0.2, 0.25) is 0 Å². The molecule has 1 aromatic carbocycles. The van der Waals surface area contributed by atoms with Crippen molar-refractivity contribution in [3.8, 4) is 0 Å². The Bertz CT molecular complexity index is 897. The molecule has 3 aromatic rings. The highest BCUT2D eigenvalue weighted by atomic mass is 16.5. The highest BCUT2D eigenvalue weighted by Crippen LogP contribution is 2.34. The molecule has 2 aromatic heterocycles. The van der Waals surface area contributed by atoms with Crippen LogP contribution < -0.4 is 4.90 Å². The maximum absolute atomic E-state index is 5.39. The minimum Gasteiger partial charge on any atom is -0.364 e. The van der Waals surface area contributed by atoms with Crippen LogP contribution in [0, 0.1) is 13.8 Å². The predicted octanol–water partition coefficient (Wildman–Crippen LogP) is 3.82. The molecule has 0 saturated carbocycles. The van der Waals surface area contributed by atoms with E-state index in [2.05, 4.69) is 53.6 Å². The highest BCUT2D eigenvalue weighted by molar-refractivity contribution is 5.94. The van der Waals surface area contributed by atoms with Gasteiger partial charge in [0.25, 0.3) is 0 Å². The number of aryl methyl sites for hydroxylation is 1. The molecular weight excluding hydrogens is 298 g/mol. The van der Waals surface area contributed by atoms with Gasteiger partial charge in [-0.05, 0) is 43.0 Å². The van der Waals surface area contributed by atoms with Gasteiger partial charge in [-0.15, -0.1) is 0 Å². The number of rotatable bonds is 3. The zero-order chi connectivity index (χ0) is 16.7. The molecule has 0 atom stereocenters. The molecule has 0 N–H and O–H groups in total. The Kier molecular flexibility index (Phi) is 3.77. The zero-order valence-electron chi connectivity index (χ0n) is 14.5. The second-order valence-corrected chi connectivity index (χ2v) is 6.53. The molecule has 24 heavy (non-hydrogen) atoms. The standard InChI is InChI=1S/C20H23N3O/c1-14-15(2)23(13-24-3)18-8-10-21-20(19(14)18)22-11-9-16-6-4-5-7-17(16)12-22/h4-8,10H,9,11-13H2,1-3H3. The van der Waals surface area contributed by atoms with Gasteiger partial charge in [0.05, 0.1) is 5.52 Å². The van der Waals surface area contributed by atoms with Crippen molar-refractivity contribution in [1.82, 2.24) is 9.55 Å². The van der Waals surface area contributed by atoms with Crippen LogP contribution in [0.25, 0.3) is 10.9 Å². The summed E-state index contributed by atoms with van der Waals surface area (Å²) in [5.74, 6) is 1.09. The van der Waals surface area contributed by atoms with E-state index < -0.39 is 0 Å². The van der Waals surface area contributed by atoms with Crippen molar-refractivity contribution in [1.29, 1.82) is 0 Å². The van der Waals surface area contributed by atoms with Gasteiger partial charge < -0.3 is 14.2 Å². The molecule has 1 aliphatic heterocycles. The Labute approximate surface area is 142 Å². The molecule has 0 amide bonds. The smallest absolute Gasteiger partial charge is 0.138 e. The van der Waals surface area contributed by atoms with E-state index >= 15 is 0 Å². The van der Waals surface area contributed by atoms with Crippen molar-refractivity contribution in [3.05, 3.63) is 58.9 Å². The number of hydrogen-bond donors (Lipinski definition) is 0. The number of fused-ring (bicyclic) bond motifs is 2. The van der Waals surface area contributed by atoms with Crippen LogP contribution in [0.1, 0.15) is 22.4 Å². The van der Waals surface area contributed by atoms with Crippen molar-refractivity contribution in [2.45, 2.75) is 33.5 Å². The Morgan fingerprint density at radius 1 is 1.12 bits per heavy atom. The molecule has 0 unspecified atom stereocenters. The quantitative estimate of drug-likeness (QED) is 0.734. The summed E-state index contributed by atoms with van der Waals surface area (Å²) in [5, 5.41) is 1.26. The van der Waals surface area contributed by atoms with Gasteiger partial charge in [0.1, 0.15) is 12.5 Å². The van der Waals surface area contributed by atoms with E-state index in [0.717, 1.165) is 25.3 Å². The average molecular weight is 321 g/mol. The van der Waals surface area contributed by atoms with Gasteiger partial charge in [0.15, 0.2) is 0 Å². The fourth-order valence-corrected chi connectivity index (χ4v) is 3.80. The monoisotopic (exact) mass is 321 g/mol. The van der Waals surface area contributed by atoms with Crippen molar-refractivity contribution in [3.63, 3.8) is 0 Å². The second kappa shape index (κ2) is 5.95. The first kappa shape index (κ1) is 15.2. The molecule has 4 nitrogen and oxygen atoms in total. The minimum atomic E-state index is 0.572. The van der Waals surface area contributed by atoms with Gasteiger partial charge >= 0.3 is 0 Å². The van der Waals surface area contributed by atoms with Crippen molar-refractivity contribution in [2.75, 3.05) is 18.6 Å². The summed E-state index contributed by atoms with van der Waals surface area (Å²) in [6.45, 7) is 6.85. The third kappa shape index (κ3) is 2.29. The average Bonchev–Trinajstić information content (AvgIpc) is 2.87. The number of benzene rings is 1. The predicted molar refractivity (Wildman–Crippen MR) is 97.4 cm³/mol. The van der Waals surface area contributed by atoms with E-state index in [4.69, 9.17) is 9.72 Å². The fraction of sp³-hybridized carbons (Fsp3) is 0.350. The maximum Gasteiger partial charge on any atom is 0.138 e. The second-order valence-electron chi connectivity index (χ2n) is 6.53. The minimum absolute atomic E-state index is 0.572. The van der Waals surface area contributed by atoms with Gasteiger partial charge in [0, 0.05) is 37.5 Å². The summed E-state index contributed by atoms with van der Waals surface area (Å²) in [4.78, 5) is 7.16. The summed E-state index contributed by atoms with van der Waals surface area (Å²) in [6.07, 6.45) is 2.99. The third-order valence-electron chi connectivity index (χ3n) is 5.21. The lowest BCUT2D eigenvalue weighted by Gasteiger charge is -2.30. The molecule has 0 saturated heterocycles. The lowest BCUT2D eigenvalue weighted by molar-refractivity contribution is 0.133. The molecule has 1 aliphatic rings. The van der Waals surface area contributed by atoms with Gasteiger partial charge in [-0.25, -0.2) is 4.98 Å². The molecule has 0 bridgehead atoms. The molecule has 0 fully saturated rings. The SMILES string of the molecule is COCn1c(C)c(C)c2c(N3CCc4ccccc4C3)nccc21. The molecular formula is C20H23N3O. The summed E-state index contributed by atoms with van der Waals surface area (Å²) >= 11 is 0. The molecule has 124 valence electrons. The summed E-state index contributed by atoms with van der Waals surface area (Å²) < 4.78 is 7.62. The van der Waals surface area contributed by atoms with E-state index in [1.54, 1.807) is 7.11 Å². The van der Waals surface area contributed by atoms with E-state index in [1.165, 1.54) is 33.3 Å². The normalized spacial score (nSPS) is 14.2. The highest BCUT2D eigenvalue weighted by Gasteiger charge is 2.22. The van der Waals surface area contributed by atoms with Crippen molar-refractivity contribution >= 4 is 16.7 Å². The Balaban J connectivity index is 1.82.